The quantitative estimate of drug-likeness (QED) is 0.336. The largest absolute Gasteiger partial charge is 0.491 e. The molecule has 0 heterocycles. The minimum Gasteiger partial charge on any atom is -0.491 e. The fourth-order valence-corrected chi connectivity index (χ4v) is 3.15. The number of carbonyl (C=O) groups excluding carboxylic acids is 1. The van der Waals surface area contributed by atoms with Gasteiger partial charge in [0.2, 0.25) is 0 Å². The van der Waals surface area contributed by atoms with Crippen LogP contribution in [0.1, 0.15) is 44.4 Å². The Labute approximate surface area is 197 Å². The molecule has 6 nitrogen and oxygen atoms in total. The minimum atomic E-state index is -0.735. The average Bonchev–Trinajstić information content (AvgIpc) is 2.79. The molecule has 182 valence electrons. The number of ether oxygens (including phenoxy) is 4. The molecular weight excluding hydrogens is 420 g/mol. The molecule has 0 aliphatic rings. The zero-order valence-electron chi connectivity index (χ0n) is 20.5. The first-order valence-corrected chi connectivity index (χ1v) is 11.5. The van der Waals surface area contributed by atoms with Crippen molar-refractivity contribution in [3.05, 3.63) is 65.2 Å². The maximum absolute atomic E-state index is 11.3. The van der Waals surface area contributed by atoms with Crippen LogP contribution in [0.3, 0.4) is 0 Å². The van der Waals surface area contributed by atoms with Crippen LogP contribution in [0, 0.1) is 12.8 Å². The Bertz CT molecular complexity index is 827. The second-order valence-corrected chi connectivity index (χ2v) is 8.99. The van der Waals surface area contributed by atoms with Gasteiger partial charge >= 0.3 is 5.97 Å². The van der Waals surface area contributed by atoms with Crippen LogP contribution in [0.4, 0.5) is 0 Å². The summed E-state index contributed by atoms with van der Waals surface area (Å²) in [7, 11) is 0. The lowest BCUT2D eigenvalue weighted by Crippen LogP contribution is -2.24. The Hall–Kier alpha value is -2.41. The Morgan fingerprint density at radius 2 is 1.39 bits per heavy atom. The molecule has 0 bridgehead atoms. The molecule has 0 amide bonds. The van der Waals surface area contributed by atoms with Crippen molar-refractivity contribution in [3.63, 3.8) is 0 Å². The third-order valence-corrected chi connectivity index (χ3v) is 5.42. The maximum atomic E-state index is 11.3. The molecule has 0 saturated carbocycles. The molecule has 6 heteroatoms. The van der Waals surface area contributed by atoms with Gasteiger partial charge in [0.1, 0.15) is 25.1 Å². The Balaban J connectivity index is 1.63. The first-order valence-electron chi connectivity index (χ1n) is 11.5. The van der Waals surface area contributed by atoms with Crippen molar-refractivity contribution in [3.8, 4) is 5.75 Å². The summed E-state index contributed by atoms with van der Waals surface area (Å²) in [5.74, 6) is 0.333. The van der Waals surface area contributed by atoms with Gasteiger partial charge in [0.15, 0.2) is 0 Å². The molecule has 2 rings (SSSR count). The lowest BCUT2D eigenvalue weighted by molar-refractivity contribution is -0.149. The first-order chi connectivity index (χ1) is 15.7. The van der Waals surface area contributed by atoms with E-state index >= 15 is 0 Å². The molecule has 0 aromatic heterocycles. The summed E-state index contributed by atoms with van der Waals surface area (Å²) in [5.41, 5.74) is 3.59. The zero-order valence-corrected chi connectivity index (χ0v) is 20.5. The summed E-state index contributed by atoms with van der Waals surface area (Å²) >= 11 is 0. The SMILES string of the molecule is Cc1ccc(C(C)(C)c2ccc(OCC(O)COCCOCCOC(=O)C(C)C)cc2)cc1. The highest BCUT2D eigenvalue weighted by molar-refractivity contribution is 5.71. The van der Waals surface area contributed by atoms with E-state index in [4.69, 9.17) is 18.9 Å². The first kappa shape index (κ1) is 26.8. The summed E-state index contributed by atoms with van der Waals surface area (Å²) in [6.45, 7) is 11.6. The topological polar surface area (TPSA) is 74.2 Å². The van der Waals surface area contributed by atoms with Gasteiger partial charge in [0, 0.05) is 5.41 Å². The fraction of sp³-hybridized carbons (Fsp3) is 0.519. The standard InChI is InChI=1S/C27H38O6/c1-20(2)26(29)32-17-16-30-14-15-31-18-24(28)19-33-25-12-10-23(11-13-25)27(4,5)22-8-6-21(3)7-9-22/h6-13,20,24,28H,14-19H2,1-5H3. The highest BCUT2D eigenvalue weighted by Gasteiger charge is 2.23. The third kappa shape index (κ3) is 9.16. The average molecular weight is 459 g/mol. The number of aliphatic hydroxyl groups is 1. The Morgan fingerprint density at radius 3 is 2.00 bits per heavy atom. The monoisotopic (exact) mass is 458 g/mol. The molecule has 33 heavy (non-hydrogen) atoms. The number of benzene rings is 2. The number of aliphatic hydroxyl groups excluding tert-OH is 1. The van der Waals surface area contributed by atoms with Gasteiger partial charge in [-0.3, -0.25) is 4.79 Å². The summed E-state index contributed by atoms with van der Waals surface area (Å²) in [5, 5.41) is 10.1. The van der Waals surface area contributed by atoms with Crippen LogP contribution in [0.25, 0.3) is 0 Å². The summed E-state index contributed by atoms with van der Waals surface area (Å²) in [6.07, 6.45) is -0.735. The molecule has 2 aromatic carbocycles. The van der Waals surface area contributed by atoms with Crippen LogP contribution in [-0.4, -0.2) is 56.8 Å². The van der Waals surface area contributed by atoms with Crippen LogP contribution < -0.4 is 4.74 Å². The molecule has 1 N–H and O–H groups in total. The number of carbonyl (C=O) groups is 1. The highest BCUT2D eigenvalue weighted by Crippen LogP contribution is 2.32. The third-order valence-electron chi connectivity index (χ3n) is 5.42. The second kappa shape index (κ2) is 13.3. The predicted octanol–water partition coefficient (Wildman–Crippen LogP) is 4.29. The predicted molar refractivity (Wildman–Crippen MR) is 129 cm³/mol. The van der Waals surface area contributed by atoms with E-state index in [0.717, 1.165) is 0 Å². The molecule has 0 aliphatic carbocycles. The van der Waals surface area contributed by atoms with Crippen LogP contribution >= 0.6 is 0 Å². The van der Waals surface area contributed by atoms with E-state index in [9.17, 15) is 9.90 Å². The van der Waals surface area contributed by atoms with E-state index in [0.29, 0.717) is 25.6 Å². The summed E-state index contributed by atoms with van der Waals surface area (Å²) < 4.78 is 21.5. The van der Waals surface area contributed by atoms with Gasteiger partial charge in [-0.05, 0) is 30.2 Å². The molecule has 1 atom stereocenters. The molecule has 0 saturated heterocycles. The number of hydrogen-bond acceptors (Lipinski definition) is 6. The maximum Gasteiger partial charge on any atom is 0.308 e. The molecule has 0 fully saturated rings. The second-order valence-electron chi connectivity index (χ2n) is 8.99. The van der Waals surface area contributed by atoms with Gasteiger partial charge in [0.25, 0.3) is 0 Å². The number of rotatable bonds is 14. The minimum absolute atomic E-state index is 0.113. The van der Waals surface area contributed by atoms with Crippen molar-refractivity contribution in [2.45, 2.75) is 46.1 Å². The van der Waals surface area contributed by atoms with Gasteiger partial charge in [-0.1, -0.05) is 69.7 Å². The smallest absolute Gasteiger partial charge is 0.308 e. The van der Waals surface area contributed by atoms with Crippen molar-refractivity contribution in [2.24, 2.45) is 5.92 Å². The van der Waals surface area contributed by atoms with Gasteiger partial charge in [-0.2, -0.15) is 0 Å². The van der Waals surface area contributed by atoms with Crippen molar-refractivity contribution in [1.29, 1.82) is 0 Å². The molecule has 0 spiro atoms. The Morgan fingerprint density at radius 1 is 0.848 bits per heavy atom. The normalized spacial score (nSPS) is 12.6. The fourth-order valence-electron chi connectivity index (χ4n) is 3.15. The van der Waals surface area contributed by atoms with E-state index in [1.165, 1.54) is 16.7 Å². The van der Waals surface area contributed by atoms with Crippen LogP contribution in [-0.2, 0) is 24.4 Å². The molecule has 2 aromatic rings. The highest BCUT2D eigenvalue weighted by atomic mass is 16.6. The van der Waals surface area contributed by atoms with E-state index in [-0.39, 0.29) is 37.1 Å². The van der Waals surface area contributed by atoms with Gasteiger partial charge in [-0.25, -0.2) is 0 Å². The molecule has 0 radical (unpaired) electrons. The summed E-state index contributed by atoms with van der Waals surface area (Å²) in [4.78, 5) is 11.3. The van der Waals surface area contributed by atoms with E-state index in [1.54, 1.807) is 13.8 Å². The molecule has 1 unspecified atom stereocenters. The van der Waals surface area contributed by atoms with Gasteiger partial charge < -0.3 is 24.1 Å². The molecule has 0 aliphatic heterocycles. The van der Waals surface area contributed by atoms with Gasteiger partial charge in [-0.15, -0.1) is 0 Å². The van der Waals surface area contributed by atoms with Crippen LogP contribution in [0.5, 0.6) is 5.75 Å². The number of hydrogen-bond donors (Lipinski definition) is 1. The van der Waals surface area contributed by atoms with E-state index in [2.05, 4.69) is 57.2 Å². The zero-order chi connectivity index (χ0) is 24.3. The van der Waals surface area contributed by atoms with E-state index in [1.807, 2.05) is 12.1 Å². The molecular formula is C27H38O6. The Kier molecular flexibility index (Phi) is 10.8. The lowest BCUT2D eigenvalue weighted by Gasteiger charge is -2.26. The lowest BCUT2D eigenvalue weighted by atomic mass is 9.78. The summed E-state index contributed by atoms with van der Waals surface area (Å²) in [6, 6.07) is 16.6. The van der Waals surface area contributed by atoms with Crippen LogP contribution in [0.15, 0.2) is 48.5 Å². The number of esters is 1. The number of aryl methyl sites for hydroxylation is 1. The van der Waals surface area contributed by atoms with Crippen molar-refractivity contribution in [2.75, 3.05) is 39.6 Å². The van der Waals surface area contributed by atoms with Gasteiger partial charge in [0.05, 0.1) is 32.3 Å². The van der Waals surface area contributed by atoms with Crippen molar-refractivity contribution < 1.29 is 28.8 Å². The van der Waals surface area contributed by atoms with Crippen molar-refractivity contribution >= 4 is 5.97 Å². The van der Waals surface area contributed by atoms with E-state index < -0.39 is 6.10 Å². The van der Waals surface area contributed by atoms with Crippen molar-refractivity contribution in [1.82, 2.24) is 0 Å². The van der Waals surface area contributed by atoms with Crippen LogP contribution in [0.2, 0.25) is 0 Å².